The van der Waals surface area contributed by atoms with E-state index < -0.39 is 0 Å². The van der Waals surface area contributed by atoms with E-state index in [0.717, 1.165) is 31.6 Å². The average Bonchev–Trinajstić information content (AvgIpc) is 2.77. The lowest BCUT2D eigenvalue weighted by Gasteiger charge is -2.22. The van der Waals surface area contributed by atoms with Gasteiger partial charge in [0.05, 0.1) is 0 Å². The van der Waals surface area contributed by atoms with Crippen LogP contribution in [0.15, 0.2) is 42.5 Å². The van der Waals surface area contributed by atoms with Gasteiger partial charge in [-0.2, -0.15) is 0 Å². The molecule has 1 aliphatic rings. The number of aliphatic hydroxyl groups is 2. The topological polar surface area (TPSA) is 40.5 Å². The summed E-state index contributed by atoms with van der Waals surface area (Å²) in [6, 6.07) is 16.2. The molecule has 1 saturated carbocycles. The normalized spacial score (nSPS) is 15.3. The van der Waals surface area contributed by atoms with Crippen molar-refractivity contribution in [1.82, 2.24) is 0 Å². The molecule has 152 valence electrons. The minimum absolute atomic E-state index is 0.0209. The maximum absolute atomic E-state index is 9.21. The van der Waals surface area contributed by atoms with Gasteiger partial charge in [0.1, 0.15) is 0 Å². The molecule has 0 radical (unpaired) electrons. The smallest absolute Gasteiger partial charge is 0.0481 e. The van der Waals surface area contributed by atoms with E-state index in [0.29, 0.717) is 0 Å². The van der Waals surface area contributed by atoms with Crippen LogP contribution in [0.25, 0.3) is 11.1 Å². The molecular weight excluding hydrogens is 344 g/mol. The molecule has 0 amide bonds. The third-order valence-electron chi connectivity index (χ3n) is 6.44. The molecule has 2 aromatic carbocycles. The molecule has 2 nitrogen and oxygen atoms in total. The fourth-order valence-electron chi connectivity index (χ4n) is 4.58. The Morgan fingerprint density at radius 1 is 0.929 bits per heavy atom. The van der Waals surface area contributed by atoms with Crippen LogP contribution in [0.3, 0.4) is 0 Å². The Morgan fingerprint density at radius 3 is 2.29 bits per heavy atom. The Morgan fingerprint density at radius 2 is 1.64 bits per heavy atom. The summed E-state index contributed by atoms with van der Waals surface area (Å²) in [5, 5.41) is 18.4. The SMILES string of the molecule is CCc1cc(CCCC(CO)CO)ccc1-c1ccc(C2CCCCC2)cc1. The number of hydrogen-bond donors (Lipinski definition) is 2. The Balaban J connectivity index is 1.67. The van der Waals surface area contributed by atoms with Crippen molar-refractivity contribution < 1.29 is 10.2 Å². The van der Waals surface area contributed by atoms with E-state index in [1.165, 1.54) is 59.9 Å². The molecule has 0 saturated heterocycles. The van der Waals surface area contributed by atoms with E-state index >= 15 is 0 Å². The molecule has 0 aliphatic heterocycles. The van der Waals surface area contributed by atoms with E-state index in [-0.39, 0.29) is 19.1 Å². The van der Waals surface area contributed by atoms with Gasteiger partial charge >= 0.3 is 0 Å². The monoisotopic (exact) mass is 380 g/mol. The molecular formula is C26H36O2. The van der Waals surface area contributed by atoms with Crippen molar-refractivity contribution >= 4 is 0 Å². The molecule has 0 spiro atoms. The predicted octanol–water partition coefficient (Wildman–Crippen LogP) is 5.89. The fourth-order valence-corrected chi connectivity index (χ4v) is 4.58. The molecule has 0 heterocycles. The Labute approximate surface area is 170 Å². The predicted molar refractivity (Wildman–Crippen MR) is 118 cm³/mol. The van der Waals surface area contributed by atoms with Gasteiger partial charge in [0, 0.05) is 19.1 Å². The summed E-state index contributed by atoms with van der Waals surface area (Å²) in [5.74, 6) is 0.782. The van der Waals surface area contributed by atoms with Crippen LogP contribution >= 0.6 is 0 Å². The molecule has 2 N–H and O–H groups in total. The van der Waals surface area contributed by atoms with Crippen molar-refractivity contribution in [1.29, 1.82) is 0 Å². The van der Waals surface area contributed by atoms with Crippen molar-refractivity contribution in [3.8, 4) is 11.1 Å². The summed E-state index contributed by atoms with van der Waals surface area (Å²) in [6.07, 6.45) is 10.8. The molecule has 0 atom stereocenters. The van der Waals surface area contributed by atoms with Crippen molar-refractivity contribution in [3.05, 3.63) is 59.2 Å². The molecule has 1 fully saturated rings. The molecule has 0 bridgehead atoms. The summed E-state index contributed by atoms with van der Waals surface area (Å²) in [6.45, 7) is 2.38. The number of aryl methyl sites for hydroxylation is 2. The molecule has 3 rings (SSSR count). The van der Waals surface area contributed by atoms with Crippen LogP contribution in [0.1, 0.15) is 74.5 Å². The Hall–Kier alpha value is -1.64. The lowest BCUT2D eigenvalue weighted by atomic mass is 9.83. The van der Waals surface area contributed by atoms with Gasteiger partial charge < -0.3 is 10.2 Å². The summed E-state index contributed by atoms with van der Waals surface area (Å²) >= 11 is 0. The van der Waals surface area contributed by atoms with Gasteiger partial charge in [-0.3, -0.25) is 0 Å². The van der Waals surface area contributed by atoms with E-state index in [1.807, 2.05) is 0 Å². The van der Waals surface area contributed by atoms with Crippen LogP contribution in [0, 0.1) is 5.92 Å². The lowest BCUT2D eigenvalue weighted by molar-refractivity contribution is 0.142. The Kier molecular flexibility index (Phi) is 8.12. The molecule has 2 aromatic rings. The van der Waals surface area contributed by atoms with Crippen LogP contribution in [0.4, 0.5) is 0 Å². The molecule has 0 unspecified atom stereocenters. The van der Waals surface area contributed by atoms with Gasteiger partial charge in [-0.25, -0.2) is 0 Å². The Bertz CT molecular complexity index is 710. The quantitative estimate of drug-likeness (QED) is 0.570. The molecule has 1 aliphatic carbocycles. The van der Waals surface area contributed by atoms with Crippen LogP contribution in [-0.4, -0.2) is 23.4 Å². The fraction of sp³-hybridized carbons (Fsp3) is 0.538. The van der Waals surface area contributed by atoms with Crippen molar-refractivity contribution in [2.24, 2.45) is 5.92 Å². The minimum atomic E-state index is 0.0209. The molecule has 2 heteroatoms. The highest BCUT2D eigenvalue weighted by molar-refractivity contribution is 5.68. The lowest BCUT2D eigenvalue weighted by Crippen LogP contribution is -2.11. The summed E-state index contributed by atoms with van der Waals surface area (Å²) < 4.78 is 0. The largest absolute Gasteiger partial charge is 0.396 e. The second kappa shape index (κ2) is 10.8. The van der Waals surface area contributed by atoms with Gasteiger partial charge in [0.25, 0.3) is 0 Å². The van der Waals surface area contributed by atoms with Gasteiger partial charge in [0.2, 0.25) is 0 Å². The van der Waals surface area contributed by atoms with Gasteiger partial charge in [-0.15, -0.1) is 0 Å². The van der Waals surface area contributed by atoms with Crippen LogP contribution < -0.4 is 0 Å². The standard InChI is InChI=1S/C26H36O2/c1-2-22-17-20(7-6-8-21(18-27)19-28)11-16-26(22)25-14-12-24(13-15-25)23-9-4-3-5-10-23/h11-17,21,23,27-28H,2-10,18-19H2,1H3. The van der Waals surface area contributed by atoms with Gasteiger partial charge in [-0.05, 0) is 72.3 Å². The zero-order valence-corrected chi connectivity index (χ0v) is 17.4. The number of aliphatic hydroxyl groups excluding tert-OH is 2. The average molecular weight is 381 g/mol. The highest BCUT2D eigenvalue weighted by atomic mass is 16.3. The van der Waals surface area contributed by atoms with Crippen molar-refractivity contribution in [2.75, 3.05) is 13.2 Å². The van der Waals surface area contributed by atoms with E-state index in [1.54, 1.807) is 0 Å². The number of rotatable bonds is 9. The number of benzene rings is 2. The minimum Gasteiger partial charge on any atom is -0.396 e. The second-order valence-corrected chi connectivity index (χ2v) is 8.43. The first-order chi connectivity index (χ1) is 13.7. The van der Waals surface area contributed by atoms with E-state index in [4.69, 9.17) is 0 Å². The maximum atomic E-state index is 9.21. The first-order valence-corrected chi connectivity index (χ1v) is 11.2. The number of hydrogen-bond acceptors (Lipinski definition) is 2. The van der Waals surface area contributed by atoms with E-state index in [2.05, 4.69) is 49.4 Å². The summed E-state index contributed by atoms with van der Waals surface area (Å²) in [5.41, 5.74) is 6.95. The van der Waals surface area contributed by atoms with Crippen LogP contribution in [0.5, 0.6) is 0 Å². The first-order valence-electron chi connectivity index (χ1n) is 11.2. The van der Waals surface area contributed by atoms with Crippen molar-refractivity contribution in [3.63, 3.8) is 0 Å². The first kappa shape index (κ1) is 21.1. The third kappa shape index (κ3) is 5.46. The highest BCUT2D eigenvalue weighted by Crippen LogP contribution is 2.34. The third-order valence-corrected chi connectivity index (χ3v) is 6.44. The maximum Gasteiger partial charge on any atom is 0.0481 e. The zero-order valence-electron chi connectivity index (χ0n) is 17.4. The molecule has 28 heavy (non-hydrogen) atoms. The van der Waals surface area contributed by atoms with Crippen LogP contribution in [-0.2, 0) is 12.8 Å². The highest BCUT2D eigenvalue weighted by Gasteiger charge is 2.15. The van der Waals surface area contributed by atoms with Gasteiger partial charge in [0.15, 0.2) is 0 Å². The van der Waals surface area contributed by atoms with E-state index in [9.17, 15) is 10.2 Å². The van der Waals surface area contributed by atoms with Gasteiger partial charge in [-0.1, -0.05) is 68.7 Å². The van der Waals surface area contributed by atoms with Crippen molar-refractivity contribution in [2.45, 2.75) is 70.6 Å². The van der Waals surface area contributed by atoms with Crippen LogP contribution in [0.2, 0.25) is 0 Å². The second-order valence-electron chi connectivity index (χ2n) is 8.43. The zero-order chi connectivity index (χ0) is 19.8. The summed E-state index contributed by atoms with van der Waals surface area (Å²) in [7, 11) is 0. The summed E-state index contributed by atoms with van der Waals surface area (Å²) in [4.78, 5) is 0. The molecule has 0 aromatic heterocycles.